The van der Waals surface area contributed by atoms with Crippen LogP contribution in [0.3, 0.4) is 0 Å². The normalized spacial score (nSPS) is 18.1. The Balaban J connectivity index is 1.32. The number of nitrogens with zero attached hydrogens (tertiary/aromatic N) is 4. The fraction of sp³-hybridized carbons (Fsp3) is 0.450. The van der Waals surface area contributed by atoms with Crippen LogP contribution in [0.2, 0.25) is 0 Å². The van der Waals surface area contributed by atoms with Crippen molar-refractivity contribution in [3.63, 3.8) is 0 Å². The number of thiazole rings is 1. The number of aromatic nitrogens is 1. The average Bonchev–Trinajstić information content (AvgIpc) is 3.40. The first-order valence-electron chi connectivity index (χ1n) is 9.51. The van der Waals surface area contributed by atoms with E-state index in [1.807, 2.05) is 45.5 Å². The number of likely N-dealkylation sites (tertiary alicyclic amines) is 1. The van der Waals surface area contributed by atoms with Crippen LogP contribution in [-0.4, -0.2) is 77.3 Å². The minimum absolute atomic E-state index is 0.0335. The molecule has 0 N–H and O–H groups in total. The molecule has 3 heterocycles. The zero-order valence-corrected chi connectivity index (χ0v) is 16.2. The first-order chi connectivity index (χ1) is 13.2. The van der Waals surface area contributed by atoms with E-state index in [2.05, 4.69) is 9.88 Å². The van der Waals surface area contributed by atoms with Crippen LogP contribution in [0.5, 0.6) is 0 Å². The lowest BCUT2D eigenvalue weighted by Gasteiger charge is -2.35. The molecule has 0 radical (unpaired) electrons. The van der Waals surface area contributed by atoms with E-state index in [1.165, 1.54) is 24.2 Å². The summed E-state index contributed by atoms with van der Waals surface area (Å²) in [7, 11) is 0. The standard InChI is InChI=1S/C20H24N4O2S/c25-18(14-22-8-4-5-9-22)23-10-12-24(13-11-23)20(26)19-21-17(15-27-19)16-6-2-1-3-7-16/h1-3,6-7,15H,4-5,8-14H2. The predicted molar refractivity (Wildman–Crippen MR) is 106 cm³/mol. The molecule has 2 fully saturated rings. The van der Waals surface area contributed by atoms with Crippen LogP contribution in [0.4, 0.5) is 0 Å². The van der Waals surface area contributed by atoms with Crippen LogP contribution in [-0.2, 0) is 4.79 Å². The van der Waals surface area contributed by atoms with Crippen LogP contribution in [0, 0.1) is 0 Å². The Hall–Kier alpha value is -2.25. The van der Waals surface area contributed by atoms with Gasteiger partial charge in [0.2, 0.25) is 5.91 Å². The highest BCUT2D eigenvalue weighted by molar-refractivity contribution is 7.12. The van der Waals surface area contributed by atoms with Gasteiger partial charge in [0.1, 0.15) is 0 Å². The largest absolute Gasteiger partial charge is 0.338 e. The highest BCUT2D eigenvalue weighted by atomic mass is 32.1. The number of piperazine rings is 1. The summed E-state index contributed by atoms with van der Waals surface area (Å²) in [4.78, 5) is 35.6. The van der Waals surface area contributed by atoms with E-state index in [0.29, 0.717) is 37.7 Å². The van der Waals surface area contributed by atoms with Crippen molar-refractivity contribution >= 4 is 23.2 Å². The summed E-state index contributed by atoms with van der Waals surface area (Å²) in [6.07, 6.45) is 2.38. The van der Waals surface area contributed by atoms with Crippen LogP contribution in [0.15, 0.2) is 35.7 Å². The van der Waals surface area contributed by atoms with Crippen LogP contribution < -0.4 is 0 Å². The van der Waals surface area contributed by atoms with Gasteiger partial charge in [-0.25, -0.2) is 4.98 Å². The fourth-order valence-electron chi connectivity index (χ4n) is 3.64. The summed E-state index contributed by atoms with van der Waals surface area (Å²) in [6, 6.07) is 9.89. The van der Waals surface area contributed by atoms with E-state index in [9.17, 15) is 9.59 Å². The predicted octanol–water partition coefficient (Wildman–Crippen LogP) is 2.19. The topological polar surface area (TPSA) is 56.8 Å². The molecule has 6 nitrogen and oxygen atoms in total. The van der Waals surface area contributed by atoms with Crippen molar-refractivity contribution in [2.24, 2.45) is 0 Å². The molecular weight excluding hydrogens is 360 g/mol. The second-order valence-corrected chi connectivity index (χ2v) is 7.92. The molecular formula is C20H24N4O2S. The molecule has 142 valence electrons. The molecule has 2 aromatic rings. The molecule has 0 spiro atoms. The maximum absolute atomic E-state index is 12.8. The Kier molecular flexibility index (Phi) is 5.50. The van der Waals surface area contributed by atoms with Crippen molar-refractivity contribution in [1.82, 2.24) is 19.7 Å². The van der Waals surface area contributed by atoms with E-state index >= 15 is 0 Å². The number of benzene rings is 1. The summed E-state index contributed by atoms with van der Waals surface area (Å²) in [6.45, 7) is 4.93. The molecule has 2 aliphatic heterocycles. The van der Waals surface area contributed by atoms with Gasteiger partial charge in [-0.05, 0) is 25.9 Å². The number of hydrogen-bond acceptors (Lipinski definition) is 5. The number of rotatable bonds is 4. The second kappa shape index (κ2) is 8.19. The highest BCUT2D eigenvalue weighted by Gasteiger charge is 2.27. The number of amides is 2. The lowest BCUT2D eigenvalue weighted by atomic mass is 10.2. The third-order valence-corrected chi connectivity index (χ3v) is 6.06. The molecule has 2 aliphatic rings. The first-order valence-corrected chi connectivity index (χ1v) is 10.4. The molecule has 0 aliphatic carbocycles. The third-order valence-electron chi connectivity index (χ3n) is 5.23. The average molecular weight is 385 g/mol. The molecule has 0 unspecified atom stereocenters. The van der Waals surface area contributed by atoms with Gasteiger partial charge in [-0.2, -0.15) is 0 Å². The van der Waals surface area contributed by atoms with E-state index in [-0.39, 0.29) is 11.8 Å². The van der Waals surface area contributed by atoms with Crippen molar-refractivity contribution in [3.8, 4) is 11.3 Å². The lowest BCUT2D eigenvalue weighted by molar-refractivity contribution is -0.133. The zero-order valence-electron chi connectivity index (χ0n) is 15.3. The highest BCUT2D eigenvalue weighted by Crippen LogP contribution is 2.22. The van der Waals surface area contributed by atoms with Gasteiger partial charge < -0.3 is 9.80 Å². The van der Waals surface area contributed by atoms with Gasteiger partial charge in [0.05, 0.1) is 12.2 Å². The van der Waals surface area contributed by atoms with Crippen molar-refractivity contribution in [2.45, 2.75) is 12.8 Å². The SMILES string of the molecule is O=C(CN1CCCC1)N1CCN(C(=O)c2nc(-c3ccccc3)cs2)CC1. The van der Waals surface area contributed by atoms with E-state index in [1.54, 1.807) is 0 Å². The van der Waals surface area contributed by atoms with Crippen molar-refractivity contribution in [2.75, 3.05) is 45.8 Å². The summed E-state index contributed by atoms with van der Waals surface area (Å²) in [5.74, 6) is 0.151. The Morgan fingerprint density at radius 1 is 0.926 bits per heavy atom. The number of hydrogen-bond donors (Lipinski definition) is 0. The molecule has 1 aromatic carbocycles. The number of carbonyl (C=O) groups excluding carboxylic acids is 2. The smallest absolute Gasteiger partial charge is 0.282 e. The second-order valence-electron chi connectivity index (χ2n) is 7.06. The molecule has 7 heteroatoms. The fourth-order valence-corrected chi connectivity index (χ4v) is 4.43. The van der Waals surface area contributed by atoms with Gasteiger partial charge in [-0.1, -0.05) is 30.3 Å². The molecule has 2 saturated heterocycles. The maximum Gasteiger partial charge on any atom is 0.282 e. The van der Waals surface area contributed by atoms with E-state index < -0.39 is 0 Å². The lowest BCUT2D eigenvalue weighted by Crippen LogP contribution is -2.52. The van der Waals surface area contributed by atoms with Crippen molar-refractivity contribution in [1.29, 1.82) is 0 Å². The molecule has 1 aromatic heterocycles. The Morgan fingerprint density at radius 2 is 1.59 bits per heavy atom. The van der Waals surface area contributed by atoms with Gasteiger partial charge in [0.15, 0.2) is 5.01 Å². The van der Waals surface area contributed by atoms with Crippen LogP contribution >= 0.6 is 11.3 Å². The van der Waals surface area contributed by atoms with E-state index in [0.717, 1.165) is 24.3 Å². The monoisotopic (exact) mass is 384 g/mol. The molecule has 2 amide bonds. The summed E-state index contributed by atoms with van der Waals surface area (Å²) < 4.78 is 0. The van der Waals surface area contributed by atoms with Gasteiger partial charge in [0.25, 0.3) is 5.91 Å². The van der Waals surface area contributed by atoms with Gasteiger partial charge in [-0.3, -0.25) is 14.5 Å². The Labute approximate surface area is 163 Å². The van der Waals surface area contributed by atoms with Gasteiger partial charge >= 0.3 is 0 Å². The first kappa shape index (κ1) is 18.1. The zero-order chi connectivity index (χ0) is 18.6. The summed E-state index contributed by atoms with van der Waals surface area (Å²) in [5, 5.41) is 2.45. The summed E-state index contributed by atoms with van der Waals surface area (Å²) >= 11 is 1.39. The van der Waals surface area contributed by atoms with E-state index in [4.69, 9.17) is 0 Å². The van der Waals surface area contributed by atoms with Crippen LogP contribution in [0.25, 0.3) is 11.3 Å². The third kappa shape index (κ3) is 4.20. The minimum atomic E-state index is -0.0335. The molecule has 0 atom stereocenters. The van der Waals surface area contributed by atoms with Crippen LogP contribution in [0.1, 0.15) is 22.6 Å². The summed E-state index contributed by atoms with van der Waals surface area (Å²) in [5.41, 5.74) is 1.86. The van der Waals surface area contributed by atoms with Gasteiger partial charge in [0, 0.05) is 37.1 Å². The van der Waals surface area contributed by atoms with Crippen molar-refractivity contribution < 1.29 is 9.59 Å². The molecule has 0 saturated carbocycles. The molecule has 4 rings (SSSR count). The molecule has 27 heavy (non-hydrogen) atoms. The quantitative estimate of drug-likeness (QED) is 0.811. The Morgan fingerprint density at radius 3 is 2.30 bits per heavy atom. The minimum Gasteiger partial charge on any atom is -0.338 e. The Bertz CT molecular complexity index is 793. The van der Waals surface area contributed by atoms with Gasteiger partial charge in [-0.15, -0.1) is 11.3 Å². The molecule has 0 bridgehead atoms. The van der Waals surface area contributed by atoms with Crippen molar-refractivity contribution in [3.05, 3.63) is 40.7 Å². The maximum atomic E-state index is 12.8. The number of carbonyl (C=O) groups is 2.